The van der Waals surface area contributed by atoms with Crippen LogP contribution in [0.25, 0.3) is 0 Å². The largest absolute Gasteiger partial charge is 0.496 e. The first-order chi connectivity index (χ1) is 10.1. The van der Waals surface area contributed by atoms with E-state index in [1.165, 1.54) is 6.20 Å². The van der Waals surface area contributed by atoms with Crippen LogP contribution in [0.15, 0.2) is 42.6 Å². The van der Waals surface area contributed by atoms with Crippen LogP contribution < -0.4 is 4.74 Å². The number of carboxylic acid groups (broad SMARTS) is 1. The van der Waals surface area contributed by atoms with Crippen molar-refractivity contribution in [3.63, 3.8) is 0 Å². The van der Waals surface area contributed by atoms with Gasteiger partial charge in [-0.25, -0.2) is 9.78 Å². The van der Waals surface area contributed by atoms with E-state index < -0.39 is 5.97 Å². The lowest BCUT2D eigenvalue weighted by molar-refractivity contribution is 0.0688. The van der Waals surface area contributed by atoms with Crippen LogP contribution in [0.5, 0.6) is 5.75 Å². The maximum Gasteiger partial charge on any atom is 0.354 e. The van der Waals surface area contributed by atoms with Crippen molar-refractivity contribution in [2.45, 2.75) is 13.1 Å². The van der Waals surface area contributed by atoms with Gasteiger partial charge >= 0.3 is 5.97 Å². The van der Waals surface area contributed by atoms with E-state index >= 15 is 0 Å². The van der Waals surface area contributed by atoms with Gasteiger partial charge in [0.05, 0.1) is 7.11 Å². The molecule has 0 aliphatic carbocycles. The minimum atomic E-state index is -1.00. The zero-order valence-corrected chi connectivity index (χ0v) is 12.1. The SMILES string of the molecule is COc1ccccc1CN(C)Cc1cccnc1C(=O)O. The Morgan fingerprint density at radius 2 is 1.86 bits per heavy atom. The van der Waals surface area contributed by atoms with E-state index in [0.29, 0.717) is 18.7 Å². The molecular weight excluding hydrogens is 268 g/mol. The molecule has 1 aromatic carbocycles. The third-order valence-electron chi connectivity index (χ3n) is 3.17. The van der Waals surface area contributed by atoms with E-state index in [1.54, 1.807) is 19.2 Å². The number of ether oxygens (including phenoxy) is 1. The number of nitrogens with zero attached hydrogens (tertiary/aromatic N) is 2. The van der Waals surface area contributed by atoms with E-state index in [4.69, 9.17) is 9.84 Å². The number of aromatic nitrogens is 1. The quantitative estimate of drug-likeness (QED) is 0.883. The molecule has 1 N–H and O–H groups in total. The summed E-state index contributed by atoms with van der Waals surface area (Å²) in [5.41, 5.74) is 1.86. The molecule has 0 saturated heterocycles. The standard InChI is InChI=1S/C16H18N2O3/c1-18(10-12-6-3-4-8-14(12)21-2)11-13-7-5-9-17-15(13)16(19)20/h3-9H,10-11H2,1-2H3,(H,19,20). The Kier molecular flexibility index (Phi) is 4.90. The van der Waals surface area contributed by atoms with E-state index in [2.05, 4.69) is 4.98 Å². The zero-order valence-electron chi connectivity index (χ0n) is 12.1. The first-order valence-corrected chi connectivity index (χ1v) is 6.59. The summed E-state index contributed by atoms with van der Waals surface area (Å²) in [6.45, 7) is 1.17. The van der Waals surface area contributed by atoms with Crippen LogP contribution in [0.4, 0.5) is 0 Å². The topological polar surface area (TPSA) is 62.7 Å². The summed E-state index contributed by atoms with van der Waals surface area (Å²) in [5.74, 6) is -0.176. The first-order valence-electron chi connectivity index (χ1n) is 6.59. The van der Waals surface area contributed by atoms with Gasteiger partial charge in [-0.15, -0.1) is 0 Å². The van der Waals surface area contributed by atoms with Crippen molar-refractivity contribution in [1.82, 2.24) is 9.88 Å². The minimum absolute atomic E-state index is 0.101. The summed E-state index contributed by atoms with van der Waals surface area (Å²) in [5, 5.41) is 9.15. The third kappa shape index (κ3) is 3.79. The van der Waals surface area contributed by atoms with E-state index in [-0.39, 0.29) is 5.69 Å². The van der Waals surface area contributed by atoms with E-state index in [1.807, 2.05) is 36.2 Å². The van der Waals surface area contributed by atoms with Gasteiger partial charge in [-0.1, -0.05) is 24.3 Å². The molecule has 5 nitrogen and oxygen atoms in total. The van der Waals surface area contributed by atoms with Crippen LogP contribution in [0.1, 0.15) is 21.6 Å². The number of carbonyl (C=O) groups is 1. The van der Waals surface area contributed by atoms with Gasteiger partial charge in [0.2, 0.25) is 0 Å². The Labute approximate surface area is 123 Å². The average Bonchev–Trinajstić information content (AvgIpc) is 2.48. The molecule has 0 amide bonds. The maximum absolute atomic E-state index is 11.2. The number of pyridine rings is 1. The molecule has 0 unspecified atom stereocenters. The monoisotopic (exact) mass is 286 g/mol. The number of aromatic carboxylic acids is 1. The lowest BCUT2D eigenvalue weighted by atomic mass is 10.1. The van der Waals surface area contributed by atoms with Crippen molar-refractivity contribution in [3.8, 4) is 5.75 Å². The van der Waals surface area contributed by atoms with Gasteiger partial charge < -0.3 is 9.84 Å². The second kappa shape index (κ2) is 6.85. The van der Waals surface area contributed by atoms with Crippen LogP contribution in [-0.2, 0) is 13.1 Å². The normalized spacial score (nSPS) is 10.6. The Balaban J connectivity index is 2.12. The van der Waals surface area contributed by atoms with Crippen molar-refractivity contribution >= 4 is 5.97 Å². The molecule has 0 bridgehead atoms. The Morgan fingerprint density at radius 3 is 2.57 bits per heavy atom. The summed E-state index contributed by atoms with van der Waals surface area (Å²) in [4.78, 5) is 17.1. The van der Waals surface area contributed by atoms with Gasteiger partial charge in [0, 0.05) is 24.8 Å². The fraction of sp³-hybridized carbons (Fsp3) is 0.250. The highest BCUT2D eigenvalue weighted by Gasteiger charge is 2.13. The molecule has 21 heavy (non-hydrogen) atoms. The third-order valence-corrected chi connectivity index (χ3v) is 3.17. The predicted octanol–water partition coefficient (Wildman–Crippen LogP) is 2.42. The van der Waals surface area contributed by atoms with Gasteiger partial charge in [0.1, 0.15) is 5.75 Å². The minimum Gasteiger partial charge on any atom is -0.496 e. The number of methoxy groups -OCH3 is 1. The van der Waals surface area contributed by atoms with Crippen LogP contribution in [0, 0.1) is 0 Å². The van der Waals surface area contributed by atoms with Gasteiger partial charge in [-0.2, -0.15) is 0 Å². The molecule has 0 fully saturated rings. The number of hydrogen-bond acceptors (Lipinski definition) is 4. The van der Waals surface area contributed by atoms with Crippen molar-refractivity contribution < 1.29 is 14.6 Å². The van der Waals surface area contributed by atoms with Crippen molar-refractivity contribution in [3.05, 3.63) is 59.4 Å². The molecule has 0 aliphatic heterocycles. The molecule has 0 radical (unpaired) electrons. The summed E-state index contributed by atoms with van der Waals surface area (Å²) in [6.07, 6.45) is 1.49. The number of rotatable bonds is 6. The summed E-state index contributed by atoms with van der Waals surface area (Å²) in [6, 6.07) is 11.3. The van der Waals surface area contributed by atoms with Crippen molar-refractivity contribution in [1.29, 1.82) is 0 Å². The lowest BCUT2D eigenvalue weighted by Gasteiger charge is -2.19. The van der Waals surface area contributed by atoms with E-state index in [0.717, 1.165) is 11.3 Å². The highest BCUT2D eigenvalue weighted by molar-refractivity contribution is 5.86. The molecule has 5 heteroatoms. The Bertz CT molecular complexity index is 628. The molecule has 0 atom stereocenters. The molecule has 0 saturated carbocycles. The molecule has 0 spiro atoms. The molecule has 2 rings (SSSR count). The molecule has 0 aliphatic rings. The van der Waals surface area contributed by atoms with E-state index in [9.17, 15) is 4.79 Å². The Hall–Kier alpha value is -2.40. The smallest absolute Gasteiger partial charge is 0.354 e. The maximum atomic E-state index is 11.2. The van der Waals surface area contributed by atoms with Crippen LogP contribution in [0.3, 0.4) is 0 Å². The Morgan fingerprint density at radius 1 is 1.19 bits per heavy atom. The van der Waals surface area contributed by atoms with Gasteiger partial charge in [0.25, 0.3) is 0 Å². The van der Waals surface area contributed by atoms with Crippen LogP contribution in [0.2, 0.25) is 0 Å². The molecule has 1 aromatic heterocycles. The summed E-state index contributed by atoms with van der Waals surface area (Å²) in [7, 11) is 3.58. The van der Waals surface area contributed by atoms with Crippen molar-refractivity contribution in [2.75, 3.05) is 14.2 Å². The fourth-order valence-corrected chi connectivity index (χ4v) is 2.23. The number of benzene rings is 1. The second-order valence-electron chi connectivity index (χ2n) is 4.80. The zero-order chi connectivity index (χ0) is 15.2. The number of hydrogen-bond donors (Lipinski definition) is 1. The van der Waals surface area contributed by atoms with Crippen LogP contribution in [-0.4, -0.2) is 35.1 Å². The first kappa shape index (κ1) is 15.0. The number of carboxylic acids is 1. The molecular formula is C16H18N2O3. The molecule has 2 aromatic rings. The average molecular weight is 286 g/mol. The highest BCUT2D eigenvalue weighted by atomic mass is 16.5. The van der Waals surface area contributed by atoms with Gasteiger partial charge in [-0.05, 0) is 24.7 Å². The van der Waals surface area contributed by atoms with Crippen molar-refractivity contribution in [2.24, 2.45) is 0 Å². The summed E-state index contributed by atoms with van der Waals surface area (Å²) < 4.78 is 5.33. The fourth-order valence-electron chi connectivity index (χ4n) is 2.23. The molecule has 110 valence electrons. The number of para-hydroxylation sites is 1. The second-order valence-corrected chi connectivity index (χ2v) is 4.80. The van der Waals surface area contributed by atoms with Crippen LogP contribution >= 0.6 is 0 Å². The lowest BCUT2D eigenvalue weighted by Crippen LogP contribution is -2.20. The summed E-state index contributed by atoms with van der Waals surface area (Å²) >= 11 is 0. The van der Waals surface area contributed by atoms with Gasteiger partial charge in [0.15, 0.2) is 5.69 Å². The highest BCUT2D eigenvalue weighted by Crippen LogP contribution is 2.19. The van der Waals surface area contributed by atoms with Gasteiger partial charge in [-0.3, -0.25) is 4.90 Å². The molecule has 1 heterocycles. The predicted molar refractivity (Wildman–Crippen MR) is 79.4 cm³/mol.